The molecular weight excluding hydrogens is 232 g/mol. The number of amides is 1. The van der Waals surface area contributed by atoms with Crippen LogP contribution in [0.5, 0.6) is 0 Å². The van der Waals surface area contributed by atoms with E-state index in [0.717, 1.165) is 16.8 Å². The van der Waals surface area contributed by atoms with Gasteiger partial charge in [-0.05, 0) is 17.7 Å². The van der Waals surface area contributed by atoms with Crippen molar-refractivity contribution in [2.45, 2.75) is 13.0 Å². The van der Waals surface area contributed by atoms with Crippen molar-refractivity contribution in [3.05, 3.63) is 35.6 Å². The summed E-state index contributed by atoms with van der Waals surface area (Å²) in [5.41, 5.74) is 3.49. The predicted octanol–water partition coefficient (Wildman–Crippen LogP) is 1.35. The van der Waals surface area contributed by atoms with Crippen molar-refractivity contribution in [2.24, 2.45) is 0 Å². The van der Waals surface area contributed by atoms with Gasteiger partial charge in [-0.2, -0.15) is 0 Å². The van der Waals surface area contributed by atoms with Gasteiger partial charge in [-0.3, -0.25) is 4.79 Å². The van der Waals surface area contributed by atoms with Gasteiger partial charge in [0, 0.05) is 24.4 Å². The first-order valence-corrected chi connectivity index (χ1v) is 5.65. The number of benzene rings is 1. The number of hydrogen-bond acceptors (Lipinski definition) is 4. The maximum atomic E-state index is 11.6. The molecule has 0 aliphatic carbocycles. The van der Waals surface area contributed by atoms with Gasteiger partial charge in [-0.1, -0.05) is 11.2 Å². The van der Waals surface area contributed by atoms with Gasteiger partial charge in [0.15, 0.2) is 5.76 Å². The summed E-state index contributed by atoms with van der Waals surface area (Å²) >= 11 is 0. The summed E-state index contributed by atoms with van der Waals surface area (Å²) in [5.74, 6) is 0.525. The molecule has 0 atom stereocenters. The normalized spacial score (nSPS) is 14.1. The van der Waals surface area contributed by atoms with E-state index in [4.69, 9.17) is 9.63 Å². The maximum Gasteiger partial charge on any atom is 0.231 e. The standard InChI is InChI=1S/C13H12N2O3/c1-15-12-3-2-8(4-9(12)5-13(15)17)11-6-10(7-16)18-14-11/h2-4,6,16H,5,7H2,1H3. The highest BCUT2D eigenvalue weighted by molar-refractivity contribution is 6.01. The summed E-state index contributed by atoms with van der Waals surface area (Å²) in [5, 5.41) is 12.8. The van der Waals surface area contributed by atoms with E-state index in [0.29, 0.717) is 17.9 Å². The monoisotopic (exact) mass is 244 g/mol. The van der Waals surface area contributed by atoms with Gasteiger partial charge in [0.1, 0.15) is 12.3 Å². The Bertz CT molecular complexity index is 618. The second-order valence-corrected chi connectivity index (χ2v) is 4.31. The Morgan fingerprint density at radius 3 is 3.00 bits per heavy atom. The van der Waals surface area contributed by atoms with Crippen LogP contribution in [-0.2, 0) is 17.8 Å². The zero-order valence-corrected chi connectivity index (χ0v) is 9.88. The van der Waals surface area contributed by atoms with Crippen molar-refractivity contribution in [3.63, 3.8) is 0 Å². The first kappa shape index (κ1) is 11.0. The Balaban J connectivity index is 2.01. The number of carbonyl (C=O) groups is 1. The molecule has 2 heterocycles. The average molecular weight is 244 g/mol. The molecule has 1 N–H and O–H groups in total. The number of fused-ring (bicyclic) bond motifs is 1. The lowest BCUT2D eigenvalue weighted by Crippen LogP contribution is -2.20. The number of aromatic nitrogens is 1. The predicted molar refractivity (Wildman–Crippen MR) is 65.0 cm³/mol. The lowest BCUT2D eigenvalue weighted by Gasteiger charge is -2.09. The van der Waals surface area contributed by atoms with Crippen molar-refractivity contribution in [2.75, 3.05) is 11.9 Å². The minimum atomic E-state index is -0.167. The second kappa shape index (κ2) is 3.96. The van der Waals surface area contributed by atoms with Crippen LogP contribution in [0.1, 0.15) is 11.3 Å². The molecule has 1 aliphatic heterocycles. The molecule has 0 radical (unpaired) electrons. The molecule has 1 aromatic carbocycles. The lowest BCUT2D eigenvalue weighted by atomic mass is 10.1. The molecule has 1 amide bonds. The van der Waals surface area contributed by atoms with Crippen LogP contribution in [0.3, 0.4) is 0 Å². The van der Waals surface area contributed by atoms with E-state index in [1.54, 1.807) is 18.0 Å². The first-order chi connectivity index (χ1) is 8.69. The van der Waals surface area contributed by atoms with Gasteiger partial charge >= 0.3 is 0 Å². The minimum absolute atomic E-state index is 0.0957. The molecule has 0 bridgehead atoms. The number of likely N-dealkylation sites (N-methyl/N-ethyl adjacent to an activating group) is 1. The molecule has 0 saturated heterocycles. The molecule has 5 heteroatoms. The fourth-order valence-electron chi connectivity index (χ4n) is 2.15. The smallest absolute Gasteiger partial charge is 0.231 e. The molecule has 92 valence electrons. The Labute approximate surface area is 104 Å². The Hall–Kier alpha value is -2.14. The third kappa shape index (κ3) is 1.60. The number of aliphatic hydroxyl groups excluding tert-OH is 1. The van der Waals surface area contributed by atoms with Crippen molar-refractivity contribution < 1.29 is 14.4 Å². The number of rotatable bonds is 2. The van der Waals surface area contributed by atoms with Crippen molar-refractivity contribution in [1.82, 2.24) is 5.16 Å². The van der Waals surface area contributed by atoms with Crippen LogP contribution in [0.25, 0.3) is 11.3 Å². The van der Waals surface area contributed by atoms with Crippen LogP contribution >= 0.6 is 0 Å². The van der Waals surface area contributed by atoms with Crippen LogP contribution in [0, 0.1) is 0 Å². The van der Waals surface area contributed by atoms with Gasteiger partial charge in [-0.25, -0.2) is 0 Å². The number of anilines is 1. The summed E-state index contributed by atoms with van der Waals surface area (Å²) < 4.78 is 4.95. The van der Waals surface area contributed by atoms with E-state index in [2.05, 4.69) is 5.16 Å². The fourth-order valence-corrected chi connectivity index (χ4v) is 2.15. The molecule has 1 aromatic heterocycles. The Morgan fingerprint density at radius 2 is 2.28 bits per heavy atom. The maximum absolute atomic E-state index is 11.6. The SMILES string of the molecule is CN1C(=O)Cc2cc(-c3cc(CO)on3)ccc21. The van der Waals surface area contributed by atoms with E-state index in [9.17, 15) is 4.79 Å². The van der Waals surface area contributed by atoms with Gasteiger partial charge in [0.25, 0.3) is 0 Å². The molecule has 1 aliphatic rings. The topological polar surface area (TPSA) is 66.6 Å². The van der Waals surface area contributed by atoms with E-state index >= 15 is 0 Å². The third-order valence-corrected chi connectivity index (χ3v) is 3.17. The van der Waals surface area contributed by atoms with Crippen LogP contribution in [-0.4, -0.2) is 23.2 Å². The number of carbonyl (C=O) groups excluding carboxylic acids is 1. The summed E-state index contributed by atoms with van der Waals surface area (Å²) in [4.78, 5) is 13.2. The molecule has 5 nitrogen and oxygen atoms in total. The first-order valence-electron chi connectivity index (χ1n) is 5.65. The van der Waals surface area contributed by atoms with E-state index in [1.807, 2.05) is 18.2 Å². The highest BCUT2D eigenvalue weighted by Gasteiger charge is 2.24. The number of hydrogen-bond donors (Lipinski definition) is 1. The number of aliphatic hydroxyl groups is 1. The molecule has 0 saturated carbocycles. The number of nitrogens with zero attached hydrogens (tertiary/aromatic N) is 2. The lowest BCUT2D eigenvalue weighted by molar-refractivity contribution is -0.117. The van der Waals surface area contributed by atoms with Crippen LogP contribution in [0.15, 0.2) is 28.8 Å². The zero-order valence-electron chi connectivity index (χ0n) is 9.88. The zero-order chi connectivity index (χ0) is 12.7. The van der Waals surface area contributed by atoms with Gasteiger partial charge < -0.3 is 14.5 Å². The molecule has 2 aromatic rings. The summed E-state index contributed by atoms with van der Waals surface area (Å²) in [7, 11) is 1.77. The molecule has 0 fully saturated rings. The van der Waals surface area contributed by atoms with E-state index in [-0.39, 0.29) is 12.5 Å². The van der Waals surface area contributed by atoms with Gasteiger partial charge in [-0.15, -0.1) is 0 Å². The van der Waals surface area contributed by atoms with E-state index in [1.165, 1.54) is 0 Å². The largest absolute Gasteiger partial charge is 0.388 e. The van der Waals surface area contributed by atoms with Crippen molar-refractivity contribution in [3.8, 4) is 11.3 Å². The third-order valence-electron chi connectivity index (χ3n) is 3.17. The highest BCUT2D eigenvalue weighted by Crippen LogP contribution is 2.31. The van der Waals surface area contributed by atoms with Crippen LogP contribution in [0.2, 0.25) is 0 Å². The summed E-state index contributed by atoms with van der Waals surface area (Å²) in [6, 6.07) is 7.44. The second-order valence-electron chi connectivity index (χ2n) is 4.31. The Kier molecular flexibility index (Phi) is 2.41. The quantitative estimate of drug-likeness (QED) is 0.866. The van der Waals surface area contributed by atoms with Gasteiger partial charge in [0.2, 0.25) is 5.91 Å². The van der Waals surface area contributed by atoms with E-state index < -0.39 is 0 Å². The summed E-state index contributed by atoms with van der Waals surface area (Å²) in [6.45, 7) is -0.167. The van der Waals surface area contributed by atoms with Gasteiger partial charge in [0.05, 0.1) is 6.42 Å². The molecule has 3 rings (SSSR count). The molecular formula is C13H12N2O3. The van der Waals surface area contributed by atoms with Crippen LogP contribution in [0.4, 0.5) is 5.69 Å². The Morgan fingerprint density at radius 1 is 1.44 bits per heavy atom. The van der Waals surface area contributed by atoms with Crippen molar-refractivity contribution in [1.29, 1.82) is 0 Å². The van der Waals surface area contributed by atoms with Crippen molar-refractivity contribution >= 4 is 11.6 Å². The minimum Gasteiger partial charge on any atom is -0.388 e. The average Bonchev–Trinajstić information content (AvgIpc) is 2.95. The summed E-state index contributed by atoms with van der Waals surface area (Å²) in [6.07, 6.45) is 0.421. The molecule has 0 spiro atoms. The fraction of sp³-hybridized carbons (Fsp3) is 0.231. The molecule has 18 heavy (non-hydrogen) atoms. The highest BCUT2D eigenvalue weighted by atomic mass is 16.5. The van der Waals surface area contributed by atoms with Crippen LogP contribution < -0.4 is 4.90 Å². The molecule has 0 unspecified atom stereocenters.